The third-order valence-electron chi connectivity index (χ3n) is 5.12. The molecule has 0 spiro atoms. The number of anilines is 1. The fourth-order valence-corrected chi connectivity index (χ4v) is 7.06. The molecule has 5 aromatic rings. The Balaban J connectivity index is 1.68. The van der Waals surface area contributed by atoms with Crippen LogP contribution in [0.25, 0.3) is 40.3 Å². The van der Waals surface area contributed by atoms with Crippen LogP contribution in [0.4, 0.5) is 5.00 Å². The van der Waals surface area contributed by atoms with Crippen molar-refractivity contribution < 1.29 is 0 Å². The molecule has 27 heavy (non-hydrogen) atoms. The highest BCUT2D eigenvalue weighted by Gasteiger charge is 2.13. The van der Waals surface area contributed by atoms with Crippen molar-refractivity contribution in [2.75, 3.05) is 11.9 Å². The average molecular weight is 411 g/mol. The summed E-state index contributed by atoms with van der Waals surface area (Å²) in [5.41, 5.74) is 6.26. The number of fused-ring (bicyclic) bond motifs is 5. The second kappa shape index (κ2) is 6.74. The topological polar surface area (TPSA) is 38.0 Å². The fraction of sp³-hybridized carbons (Fsp3) is 0.273. The Kier molecular flexibility index (Phi) is 4.36. The van der Waals surface area contributed by atoms with Crippen LogP contribution in [0, 0.1) is 0 Å². The molecule has 0 aliphatic carbocycles. The molecule has 0 amide bonds. The van der Waals surface area contributed by atoms with Crippen molar-refractivity contribution in [3.8, 4) is 0 Å². The van der Waals surface area contributed by atoms with E-state index >= 15 is 0 Å². The molecule has 5 heteroatoms. The number of hydrogen-bond donors (Lipinski definition) is 2. The van der Waals surface area contributed by atoms with Crippen LogP contribution in [0.1, 0.15) is 37.6 Å². The molecule has 0 saturated heterocycles. The van der Waals surface area contributed by atoms with Crippen LogP contribution in [-0.4, -0.2) is 6.54 Å². The van der Waals surface area contributed by atoms with E-state index in [2.05, 4.69) is 55.6 Å². The Morgan fingerprint density at radius 3 is 2.15 bits per heavy atom. The van der Waals surface area contributed by atoms with Gasteiger partial charge in [-0.3, -0.25) is 0 Å². The molecule has 3 aromatic heterocycles. The van der Waals surface area contributed by atoms with Gasteiger partial charge in [-0.1, -0.05) is 13.8 Å². The molecular formula is C22H22N2S3. The summed E-state index contributed by atoms with van der Waals surface area (Å²) in [6.45, 7) is 5.38. The molecule has 0 radical (unpaired) electrons. The lowest BCUT2D eigenvalue weighted by molar-refractivity contribution is 0.712. The molecule has 1 atom stereocenters. The van der Waals surface area contributed by atoms with Crippen molar-refractivity contribution in [3.05, 3.63) is 41.3 Å². The van der Waals surface area contributed by atoms with Crippen molar-refractivity contribution in [3.63, 3.8) is 0 Å². The third kappa shape index (κ3) is 2.93. The van der Waals surface area contributed by atoms with Gasteiger partial charge in [-0.25, -0.2) is 0 Å². The van der Waals surface area contributed by atoms with Gasteiger partial charge in [0.1, 0.15) is 0 Å². The minimum absolute atomic E-state index is 0.150. The van der Waals surface area contributed by atoms with Crippen LogP contribution in [0.3, 0.4) is 0 Å². The maximum absolute atomic E-state index is 6.26. The average Bonchev–Trinajstić information content (AvgIpc) is 3.35. The molecule has 138 valence electrons. The maximum Gasteiger partial charge on any atom is 0.0894 e. The molecule has 3 heterocycles. The molecule has 0 bridgehead atoms. The second-order valence-electron chi connectivity index (χ2n) is 7.08. The zero-order valence-corrected chi connectivity index (χ0v) is 17.9. The normalized spacial score (nSPS) is 13.3. The number of nitrogens with two attached hydrogens (primary N) is 1. The lowest BCUT2D eigenvalue weighted by atomic mass is 10.1. The van der Waals surface area contributed by atoms with E-state index < -0.39 is 0 Å². The van der Waals surface area contributed by atoms with Gasteiger partial charge in [-0.2, -0.15) is 0 Å². The first-order chi connectivity index (χ1) is 13.2. The van der Waals surface area contributed by atoms with E-state index in [-0.39, 0.29) is 6.04 Å². The van der Waals surface area contributed by atoms with Gasteiger partial charge in [0.25, 0.3) is 0 Å². The van der Waals surface area contributed by atoms with E-state index in [4.69, 9.17) is 5.73 Å². The van der Waals surface area contributed by atoms with E-state index in [1.807, 2.05) is 34.0 Å². The molecule has 0 aliphatic heterocycles. The lowest BCUT2D eigenvalue weighted by Crippen LogP contribution is -2.05. The minimum atomic E-state index is 0.150. The van der Waals surface area contributed by atoms with E-state index in [0.717, 1.165) is 19.4 Å². The molecular weight excluding hydrogens is 388 g/mol. The Morgan fingerprint density at radius 2 is 1.48 bits per heavy atom. The van der Waals surface area contributed by atoms with Crippen molar-refractivity contribution in [1.82, 2.24) is 0 Å². The molecule has 2 nitrogen and oxygen atoms in total. The summed E-state index contributed by atoms with van der Waals surface area (Å²) in [5, 5.41) is 10.2. The summed E-state index contributed by atoms with van der Waals surface area (Å²) >= 11 is 5.61. The molecule has 0 fully saturated rings. The van der Waals surface area contributed by atoms with Gasteiger partial charge in [0, 0.05) is 47.0 Å². The van der Waals surface area contributed by atoms with Gasteiger partial charge >= 0.3 is 0 Å². The summed E-state index contributed by atoms with van der Waals surface area (Å²) in [5.74, 6) is 0. The Labute approximate surface area is 170 Å². The number of benzene rings is 2. The standard InChI is InChI=1S/C22H22N2S3/c1-3-5-24-22-9-13-7-15-14-6-12-8-21(16(23)4-2)25-17(12)10-19(14)26-20(15)11-18(13)27-22/h6-11,16,24H,3-5,23H2,1-2H3. The second-order valence-corrected chi connectivity index (χ2v) is 10.4. The van der Waals surface area contributed by atoms with E-state index in [9.17, 15) is 0 Å². The van der Waals surface area contributed by atoms with Crippen LogP contribution < -0.4 is 11.1 Å². The molecule has 1 unspecified atom stereocenters. The minimum Gasteiger partial charge on any atom is -0.377 e. The van der Waals surface area contributed by atoms with E-state index in [0.29, 0.717) is 0 Å². The van der Waals surface area contributed by atoms with Crippen molar-refractivity contribution in [1.29, 1.82) is 0 Å². The zero-order valence-electron chi connectivity index (χ0n) is 15.5. The van der Waals surface area contributed by atoms with Crippen molar-refractivity contribution >= 4 is 79.4 Å². The van der Waals surface area contributed by atoms with Crippen molar-refractivity contribution in [2.45, 2.75) is 32.7 Å². The van der Waals surface area contributed by atoms with Gasteiger partial charge in [0.05, 0.1) is 5.00 Å². The number of hydrogen-bond acceptors (Lipinski definition) is 5. The first-order valence-corrected chi connectivity index (χ1v) is 11.9. The summed E-state index contributed by atoms with van der Waals surface area (Å²) in [6.07, 6.45) is 2.13. The van der Waals surface area contributed by atoms with Gasteiger partial charge in [0.2, 0.25) is 0 Å². The van der Waals surface area contributed by atoms with Gasteiger partial charge in [0.15, 0.2) is 0 Å². The molecule has 0 aliphatic rings. The number of thiophene rings is 3. The Morgan fingerprint density at radius 1 is 0.815 bits per heavy atom. The molecule has 5 rings (SSSR count). The first kappa shape index (κ1) is 17.4. The van der Waals surface area contributed by atoms with Crippen LogP contribution >= 0.6 is 34.0 Å². The Hall–Kier alpha value is -1.66. The molecule has 0 saturated carbocycles. The first-order valence-electron chi connectivity index (χ1n) is 9.49. The highest BCUT2D eigenvalue weighted by molar-refractivity contribution is 7.27. The van der Waals surface area contributed by atoms with E-state index in [1.54, 1.807) is 0 Å². The predicted molar refractivity (Wildman–Crippen MR) is 126 cm³/mol. The highest BCUT2D eigenvalue weighted by Crippen LogP contribution is 2.42. The Bertz CT molecular complexity index is 1270. The maximum atomic E-state index is 6.26. The summed E-state index contributed by atoms with van der Waals surface area (Å²) < 4.78 is 5.47. The number of nitrogens with one attached hydrogen (secondary N) is 1. The fourth-order valence-electron chi connectivity index (χ4n) is 3.58. The zero-order chi connectivity index (χ0) is 18.5. The van der Waals surface area contributed by atoms with Crippen molar-refractivity contribution in [2.24, 2.45) is 5.73 Å². The summed E-state index contributed by atoms with van der Waals surface area (Å²) in [4.78, 5) is 1.29. The predicted octanol–water partition coefficient (Wildman–Crippen LogP) is 7.72. The van der Waals surface area contributed by atoms with Gasteiger partial charge in [-0.05, 0) is 60.0 Å². The van der Waals surface area contributed by atoms with Crippen LogP contribution in [0.5, 0.6) is 0 Å². The summed E-state index contributed by atoms with van der Waals surface area (Å²) in [7, 11) is 0. The monoisotopic (exact) mass is 410 g/mol. The lowest BCUT2D eigenvalue weighted by Gasteiger charge is -2.02. The van der Waals surface area contributed by atoms with E-state index in [1.165, 1.54) is 50.2 Å². The van der Waals surface area contributed by atoms with Gasteiger partial charge < -0.3 is 11.1 Å². The molecule has 3 N–H and O–H groups in total. The quantitative estimate of drug-likeness (QED) is 0.311. The largest absolute Gasteiger partial charge is 0.377 e. The van der Waals surface area contributed by atoms with Gasteiger partial charge in [-0.15, -0.1) is 34.0 Å². The third-order valence-corrected chi connectivity index (χ3v) is 8.52. The van der Waals surface area contributed by atoms with Crippen LogP contribution in [0.15, 0.2) is 36.4 Å². The van der Waals surface area contributed by atoms with Crippen LogP contribution in [-0.2, 0) is 0 Å². The van der Waals surface area contributed by atoms with Crippen LogP contribution in [0.2, 0.25) is 0 Å². The highest BCUT2D eigenvalue weighted by atomic mass is 32.1. The number of rotatable bonds is 5. The summed E-state index contributed by atoms with van der Waals surface area (Å²) in [6, 6.07) is 14.2. The smallest absolute Gasteiger partial charge is 0.0894 e. The SMILES string of the molecule is CCCNc1cc2cc3c(cc2s1)sc1cc2sc(C(N)CC)cc2cc13. The molecule has 2 aromatic carbocycles.